The van der Waals surface area contributed by atoms with Gasteiger partial charge in [-0.25, -0.2) is 0 Å². The molecule has 0 aliphatic carbocycles. The molecule has 3 heteroatoms. The summed E-state index contributed by atoms with van der Waals surface area (Å²) in [7, 11) is 1.70. The van der Waals surface area contributed by atoms with Crippen LogP contribution in [0.4, 0.5) is 5.69 Å². The molecule has 2 aromatic carbocycles. The standard InChI is InChI=1S/C18H22BrNO/c1-3-4-5-14-6-9-17(10-7-14)20-13-15-12-16(19)8-11-18(15)21-2/h6-12,20H,3-5,13H2,1-2H3. The Bertz CT molecular complexity index is 566. The lowest BCUT2D eigenvalue weighted by Crippen LogP contribution is -2.02. The van der Waals surface area contributed by atoms with Crippen LogP contribution in [0.1, 0.15) is 30.9 Å². The Morgan fingerprint density at radius 3 is 2.52 bits per heavy atom. The number of nitrogens with one attached hydrogen (secondary N) is 1. The molecule has 0 saturated carbocycles. The van der Waals surface area contributed by atoms with E-state index < -0.39 is 0 Å². The van der Waals surface area contributed by atoms with E-state index in [4.69, 9.17) is 4.74 Å². The Morgan fingerprint density at radius 2 is 1.86 bits per heavy atom. The van der Waals surface area contributed by atoms with Gasteiger partial charge >= 0.3 is 0 Å². The van der Waals surface area contributed by atoms with E-state index in [-0.39, 0.29) is 0 Å². The fourth-order valence-corrected chi connectivity index (χ4v) is 2.66. The maximum absolute atomic E-state index is 5.39. The van der Waals surface area contributed by atoms with E-state index in [9.17, 15) is 0 Å². The molecule has 0 fully saturated rings. The van der Waals surface area contributed by atoms with Gasteiger partial charge in [-0.3, -0.25) is 0 Å². The summed E-state index contributed by atoms with van der Waals surface area (Å²) in [4.78, 5) is 0. The molecule has 2 nitrogen and oxygen atoms in total. The number of methoxy groups -OCH3 is 1. The number of hydrogen-bond acceptors (Lipinski definition) is 2. The van der Waals surface area contributed by atoms with Crippen molar-refractivity contribution >= 4 is 21.6 Å². The van der Waals surface area contributed by atoms with Gasteiger partial charge in [-0.2, -0.15) is 0 Å². The molecule has 0 heterocycles. The summed E-state index contributed by atoms with van der Waals surface area (Å²) >= 11 is 3.50. The minimum Gasteiger partial charge on any atom is -0.496 e. The van der Waals surface area contributed by atoms with Gasteiger partial charge in [0.2, 0.25) is 0 Å². The molecule has 0 unspecified atom stereocenters. The second-order valence-electron chi connectivity index (χ2n) is 5.11. The lowest BCUT2D eigenvalue weighted by molar-refractivity contribution is 0.410. The highest BCUT2D eigenvalue weighted by atomic mass is 79.9. The summed E-state index contributed by atoms with van der Waals surface area (Å²) < 4.78 is 6.46. The van der Waals surface area contributed by atoms with Crippen molar-refractivity contribution in [2.24, 2.45) is 0 Å². The monoisotopic (exact) mass is 347 g/mol. The lowest BCUT2D eigenvalue weighted by atomic mass is 10.1. The van der Waals surface area contributed by atoms with Crippen molar-refractivity contribution in [3.63, 3.8) is 0 Å². The molecular weight excluding hydrogens is 326 g/mol. The molecule has 2 rings (SSSR count). The minimum absolute atomic E-state index is 0.747. The Kier molecular flexibility index (Phi) is 6.12. The maximum Gasteiger partial charge on any atom is 0.123 e. The van der Waals surface area contributed by atoms with Crippen molar-refractivity contribution in [3.8, 4) is 5.75 Å². The molecule has 0 atom stereocenters. The van der Waals surface area contributed by atoms with Crippen LogP contribution in [-0.4, -0.2) is 7.11 Å². The molecule has 0 aromatic heterocycles. The molecular formula is C18H22BrNO. The van der Waals surface area contributed by atoms with E-state index in [0.29, 0.717) is 0 Å². The summed E-state index contributed by atoms with van der Waals surface area (Å²) in [6.45, 7) is 2.97. The average Bonchev–Trinajstić information content (AvgIpc) is 2.52. The topological polar surface area (TPSA) is 21.3 Å². The van der Waals surface area contributed by atoms with Crippen LogP contribution >= 0.6 is 15.9 Å². The van der Waals surface area contributed by atoms with Crippen LogP contribution in [0.2, 0.25) is 0 Å². The highest BCUT2D eigenvalue weighted by Crippen LogP contribution is 2.24. The Morgan fingerprint density at radius 1 is 1.10 bits per heavy atom. The second-order valence-corrected chi connectivity index (χ2v) is 6.03. The predicted molar refractivity (Wildman–Crippen MR) is 93.1 cm³/mol. The molecule has 21 heavy (non-hydrogen) atoms. The van der Waals surface area contributed by atoms with Crippen molar-refractivity contribution in [3.05, 3.63) is 58.1 Å². The van der Waals surface area contributed by atoms with Crippen molar-refractivity contribution in [2.75, 3.05) is 12.4 Å². The zero-order valence-corrected chi connectivity index (χ0v) is 14.2. The first-order valence-corrected chi connectivity index (χ1v) is 8.17. The molecule has 0 radical (unpaired) electrons. The number of halogens is 1. The van der Waals surface area contributed by atoms with Crippen LogP contribution < -0.4 is 10.1 Å². The van der Waals surface area contributed by atoms with E-state index in [1.807, 2.05) is 12.1 Å². The smallest absolute Gasteiger partial charge is 0.123 e. The zero-order chi connectivity index (χ0) is 15.1. The Labute approximate surface area is 135 Å². The molecule has 2 aromatic rings. The first kappa shape index (κ1) is 15.9. The van der Waals surface area contributed by atoms with Crippen LogP contribution in [-0.2, 0) is 13.0 Å². The summed E-state index contributed by atoms with van der Waals surface area (Å²) in [5.74, 6) is 0.908. The van der Waals surface area contributed by atoms with Crippen molar-refractivity contribution in [2.45, 2.75) is 32.7 Å². The fourth-order valence-electron chi connectivity index (χ4n) is 2.25. The summed E-state index contributed by atoms with van der Waals surface area (Å²) in [6, 6.07) is 14.8. The van der Waals surface area contributed by atoms with E-state index in [2.05, 4.69) is 58.5 Å². The van der Waals surface area contributed by atoms with Gasteiger partial charge in [-0.05, 0) is 48.7 Å². The average molecular weight is 348 g/mol. The van der Waals surface area contributed by atoms with E-state index in [0.717, 1.165) is 34.4 Å². The third-order valence-corrected chi connectivity index (χ3v) is 3.99. The number of aryl methyl sites for hydroxylation is 1. The fraction of sp³-hybridized carbons (Fsp3) is 0.333. The molecule has 1 N–H and O–H groups in total. The minimum atomic E-state index is 0.747. The van der Waals surface area contributed by atoms with Crippen LogP contribution in [0.5, 0.6) is 5.75 Å². The second kappa shape index (κ2) is 8.08. The Hall–Kier alpha value is -1.48. The van der Waals surface area contributed by atoms with E-state index >= 15 is 0 Å². The molecule has 0 aliphatic rings. The van der Waals surface area contributed by atoms with Gasteiger partial charge in [0, 0.05) is 22.3 Å². The SMILES string of the molecule is CCCCc1ccc(NCc2cc(Br)ccc2OC)cc1. The highest BCUT2D eigenvalue weighted by molar-refractivity contribution is 9.10. The number of unbranched alkanes of at least 4 members (excludes halogenated alkanes) is 1. The van der Waals surface area contributed by atoms with E-state index in [1.54, 1.807) is 7.11 Å². The quantitative estimate of drug-likeness (QED) is 0.722. The zero-order valence-electron chi connectivity index (χ0n) is 12.7. The number of ether oxygens (including phenoxy) is 1. The van der Waals surface area contributed by atoms with E-state index in [1.165, 1.54) is 18.4 Å². The van der Waals surface area contributed by atoms with Gasteiger partial charge in [0.25, 0.3) is 0 Å². The molecule has 0 amide bonds. The van der Waals surface area contributed by atoms with Gasteiger partial charge in [-0.1, -0.05) is 41.4 Å². The summed E-state index contributed by atoms with van der Waals surface area (Å²) in [5, 5.41) is 3.45. The normalized spacial score (nSPS) is 10.4. The number of hydrogen-bond donors (Lipinski definition) is 1. The van der Waals surface area contributed by atoms with Crippen molar-refractivity contribution < 1.29 is 4.74 Å². The third-order valence-electron chi connectivity index (χ3n) is 3.50. The van der Waals surface area contributed by atoms with Crippen molar-refractivity contribution in [1.82, 2.24) is 0 Å². The number of benzene rings is 2. The van der Waals surface area contributed by atoms with Crippen LogP contribution in [0.3, 0.4) is 0 Å². The van der Waals surface area contributed by atoms with Crippen LogP contribution in [0.25, 0.3) is 0 Å². The molecule has 0 aliphatic heterocycles. The van der Waals surface area contributed by atoms with Crippen LogP contribution in [0.15, 0.2) is 46.9 Å². The summed E-state index contributed by atoms with van der Waals surface area (Å²) in [6.07, 6.45) is 3.65. The van der Waals surface area contributed by atoms with Crippen LogP contribution in [0, 0.1) is 0 Å². The van der Waals surface area contributed by atoms with Gasteiger partial charge in [-0.15, -0.1) is 0 Å². The lowest BCUT2D eigenvalue weighted by Gasteiger charge is -2.11. The number of anilines is 1. The van der Waals surface area contributed by atoms with Gasteiger partial charge in [0.05, 0.1) is 7.11 Å². The van der Waals surface area contributed by atoms with Gasteiger partial charge < -0.3 is 10.1 Å². The van der Waals surface area contributed by atoms with Gasteiger partial charge in [0.15, 0.2) is 0 Å². The third kappa shape index (κ3) is 4.78. The largest absolute Gasteiger partial charge is 0.496 e. The molecule has 0 spiro atoms. The predicted octanol–water partition coefficient (Wildman–Crippen LogP) is 5.41. The Balaban J connectivity index is 1.98. The highest BCUT2D eigenvalue weighted by Gasteiger charge is 2.03. The van der Waals surface area contributed by atoms with Crippen molar-refractivity contribution in [1.29, 1.82) is 0 Å². The maximum atomic E-state index is 5.39. The molecule has 112 valence electrons. The summed E-state index contributed by atoms with van der Waals surface area (Å²) in [5.41, 5.74) is 3.68. The first-order valence-electron chi connectivity index (χ1n) is 7.38. The molecule has 0 saturated heterocycles. The first-order chi connectivity index (χ1) is 10.2. The van der Waals surface area contributed by atoms with Gasteiger partial charge in [0.1, 0.15) is 5.75 Å². The molecule has 0 bridgehead atoms. The number of rotatable bonds is 7.